The molecule has 2 N–H and O–H groups in total. The number of nitrogens with zero attached hydrogens (tertiary/aromatic N) is 1. The molecule has 0 radical (unpaired) electrons. The molecule has 0 aliphatic carbocycles. The summed E-state index contributed by atoms with van der Waals surface area (Å²) in [4.78, 5) is 4.20. The Morgan fingerprint density at radius 3 is 2.28 bits per heavy atom. The van der Waals surface area contributed by atoms with E-state index in [-0.39, 0.29) is 30.5 Å². The van der Waals surface area contributed by atoms with Crippen LogP contribution in [0.25, 0.3) is 0 Å². The van der Waals surface area contributed by atoms with Crippen LogP contribution < -0.4 is 10.6 Å². The summed E-state index contributed by atoms with van der Waals surface area (Å²) in [5, 5.41) is 5.59. The number of unbranched alkanes of at least 4 members (excludes halogenated alkanes) is 2. The molecular formula is C11H23F3IN3. The van der Waals surface area contributed by atoms with Crippen LogP contribution in [0.5, 0.6) is 0 Å². The fraction of sp³-hybridized carbons (Fsp3) is 0.909. The Morgan fingerprint density at radius 2 is 1.78 bits per heavy atom. The largest absolute Gasteiger partial charge is 0.390 e. The first-order valence-corrected chi connectivity index (χ1v) is 6.08. The van der Waals surface area contributed by atoms with Crippen LogP contribution in [0.15, 0.2) is 4.99 Å². The molecule has 0 aromatic carbocycles. The van der Waals surface area contributed by atoms with Crippen molar-refractivity contribution in [2.24, 2.45) is 4.99 Å². The summed E-state index contributed by atoms with van der Waals surface area (Å²) in [5.41, 5.74) is 0. The van der Waals surface area contributed by atoms with Gasteiger partial charge in [0.1, 0.15) is 0 Å². The van der Waals surface area contributed by atoms with Gasteiger partial charge in [-0.15, -0.1) is 24.0 Å². The first kappa shape index (κ1) is 20.1. The van der Waals surface area contributed by atoms with Gasteiger partial charge in [-0.05, 0) is 13.3 Å². The highest BCUT2D eigenvalue weighted by Gasteiger charge is 2.26. The third kappa shape index (κ3) is 13.9. The highest BCUT2D eigenvalue weighted by atomic mass is 127. The zero-order chi connectivity index (χ0) is 13.1. The molecule has 3 nitrogen and oxygen atoms in total. The molecule has 0 rings (SSSR count). The minimum absolute atomic E-state index is 0. The van der Waals surface area contributed by atoms with E-state index in [4.69, 9.17) is 0 Å². The molecule has 0 amide bonds. The number of halogens is 4. The molecule has 0 bridgehead atoms. The number of guanidine groups is 1. The minimum Gasteiger partial charge on any atom is -0.357 e. The Labute approximate surface area is 124 Å². The van der Waals surface area contributed by atoms with Crippen molar-refractivity contribution in [3.05, 3.63) is 0 Å². The smallest absolute Gasteiger partial charge is 0.357 e. The van der Waals surface area contributed by atoms with Crippen LogP contribution in [0.3, 0.4) is 0 Å². The van der Waals surface area contributed by atoms with Crippen LogP contribution in [0.2, 0.25) is 0 Å². The first-order valence-electron chi connectivity index (χ1n) is 6.08. The van der Waals surface area contributed by atoms with Crippen LogP contribution in [-0.4, -0.2) is 31.8 Å². The summed E-state index contributed by atoms with van der Waals surface area (Å²) in [6.07, 6.45) is -1.80. The van der Waals surface area contributed by atoms with Crippen LogP contribution >= 0.6 is 24.0 Å². The van der Waals surface area contributed by atoms with Crippen LogP contribution in [0.1, 0.15) is 39.5 Å². The lowest BCUT2D eigenvalue weighted by Crippen LogP contribution is -2.39. The van der Waals surface area contributed by atoms with Gasteiger partial charge in [-0.25, -0.2) is 0 Å². The second-order valence-electron chi connectivity index (χ2n) is 3.76. The van der Waals surface area contributed by atoms with Gasteiger partial charge < -0.3 is 10.6 Å². The Hall–Kier alpha value is -0.210. The number of aliphatic imine (C=N–C) groups is 1. The van der Waals surface area contributed by atoms with Gasteiger partial charge in [0.15, 0.2) is 5.96 Å². The van der Waals surface area contributed by atoms with Gasteiger partial charge in [0, 0.05) is 19.6 Å². The normalized spacial score (nSPS) is 11.9. The third-order valence-corrected chi connectivity index (χ3v) is 2.08. The van der Waals surface area contributed by atoms with Gasteiger partial charge in [-0.1, -0.05) is 19.8 Å². The Morgan fingerprint density at radius 1 is 1.11 bits per heavy atom. The Kier molecular flexibility index (Phi) is 13.2. The van der Waals surface area contributed by atoms with Crippen LogP contribution in [0, 0.1) is 0 Å². The van der Waals surface area contributed by atoms with Gasteiger partial charge in [0.25, 0.3) is 0 Å². The van der Waals surface area contributed by atoms with E-state index in [0.29, 0.717) is 19.0 Å². The predicted molar refractivity (Wildman–Crippen MR) is 79.6 cm³/mol. The standard InChI is InChI=1S/C11H22F3N3.HI/c1-3-5-6-8-16-10(15-4-2)17-9-7-11(12,13)14;/h3-9H2,1-2H3,(H2,15,16,17);1H. The summed E-state index contributed by atoms with van der Waals surface area (Å²) in [6.45, 7) is 5.13. The summed E-state index contributed by atoms with van der Waals surface area (Å²) in [5.74, 6) is 0.466. The van der Waals surface area contributed by atoms with Crippen molar-refractivity contribution < 1.29 is 13.2 Å². The summed E-state index contributed by atoms with van der Waals surface area (Å²) in [7, 11) is 0. The average molecular weight is 381 g/mol. The fourth-order valence-electron chi connectivity index (χ4n) is 1.22. The Bertz CT molecular complexity index is 220. The molecule has 110 valence electrons. The summed E-state index contributed by atoms with van der Waals surface area (Å²) >= 11 is 0. The number of hydrogen-bond donors (Lipinski definition) is 2. The van der Waals surface area contributed by atoms with E-state index in [0.717, 1.165) is 19.3 Å². The molecule has 0 heterocycles. The lowest BCUT2D eigenvalue weighted by atomic mass is 10.2. The first-order chi connectivity index (χ1) is 7.99. The molecule has 0 aliphatic heterocycles. The number of alkyl halides is 3. The molecular weight excluding hydrogens is 358 g/mol. The quantitative estimate of drug-likeness (QED) is 0.307. The van der Waals surface area contributed by atoms with E-state index in [1.165, 1.54) is 0 Å². The maximum atomic E-state index is 11.9. The molecule has 18 heavy (non-hydrogen) atoms. The second kappa shape index (κ2) is 11.9. The van der Waals surface area contributed by atoms with E-state index in [1.54, 1.807) is 0 Å². The van der Waals surface area contributed by atoms with Crippen LogP contribution in [-0.2, 0) is 0 Å². The molecule has 0 saturated carbocycles. The molecule has 0 aliphatic rings. The summed E-state index contributed by atoms with van der Waals surface area (Å²) in [6, 6.07) is 0. The van der Waals surface area contributed by atoms with Crippen molar-refractivity contribution in [1.29, 1.82) is 0 Å². The molecule has 0 fully saturated rings. The van der Waals surface area contributed by atoms with Crippen molar-refractivity contribution in [3.63, 3.8) is 0 Å². The molecule has 0 unspecified atom stereocenters. The molecule has 0 aromatic heterocycles. The fourth-order valence-corrected chi connectivity index (χ4v) is 1.22. The molecule has 0 aromatic rings. The van der Waals surface area contributed by atoms with Gasteiger partial charge in [0.05, 0.1) is 6.42 Å². The number of nitrogens with one attached hydrogen (secondary N) is 2. The minimum atomic E-state index is -4.12. The molecule has 0 saturated heterocycles. The summed E-state index contributed by atoms with van der Waals surface area (Å²) < 4.78 is 35.8. The predicted octanol–water partition coefficient (Wildman–Crippen LogP) is 3.30. The zero-order valence-corrected chi connectivity index (χ0v) is 13.3. The second-order valence-corrected chi connectivity index (χ2v) is 3.76. The number of hydrogen-bond acceptors (Lipinski definition) is 1. The van der Waals surface area contributed by atoms with Gasteiger partial charge in [-0.3, -0.25) is 4.99 Å². The topological polar surface area (TPSA) is 36.4 Å². The van der Waals surface area contributed by atoms with Crippen molar-refractivity contribution in [2.45, 2.75) is 45.7 Å². The highest BCUT2D eigenvalue weighted by Crippen LogP contribution is 2.17. The Balaban J connectivity index is 0. The monoisotopic (exact) mass is 381 g/mol. The van der Waals surface area contributed by atoms with Gasteiger partial charge in [-0.2, -0.15) is 13.2 Å². The van der Waals surface area contributed by atoms with Gasteiger partial charge >= 0.3 is 6.18 Å². The maximum absolute atomic E-state index is 11.9. The molecule has 7 heteroatoms. The SMILES string of the molecule is CCCCCN=C(NCC)NCCC(F)(F)F.I. The van der Waals surface area contributed by atoms with E-state index < -0.39 is 12.6 Å². The van der Waals surface area contributed by atoms with Crippen LogP contribution in [0.4, 0.5) is 13.2 Å². The van der Waals surface area contributed by atoms with E-state index in [9.17, 15) is 13.2 Å². The average Bonchev–Trinajstić information content (AvgIpc) is 2.22. The lowest BCUT2D eigenvalue weighted by molar-refractivity contribution is -0.132. The van der Waals surface area contributed by atoms with Crippen molar-refractivity contribution in [3.8, 4) is 0 Å². The maximum Gasteiger partial charge on any atom is 0.390 e. The highest BCUT2D eigenvalue weighted by molar-refractivity contribution is 14.0. The van der Waals surface area contributed by atoms with Crippen molar-refractivity contribution in [2.75, 3.05) is 19.6 Å². The third-order valence-electron chi connectivity index (χ3n) is 2.08. The molecule has 0 spiro atoms. The molecule has 0 atom stereocenters. The van der Waals surface area contributed by atoms with Gasteiger partial charge in [0.2, 0.25) is 0 Å². The van der Waals surface area contributed by atoms with E-state index in [2.05, 4.69) is 22.5 Å². The van der Waals surface area contributed by atoms with Crippen molar-refractivity contribution in [1.82, 2.24) is 10.6 Å². The lowest BCUT2D eigenvalue weighted by Gasteiger charge is -2.12. The number of rotatable bonds is 7. The van der Waals surface area contributed by atoms with E-state index in [1.807, 2.05) is 6.92 Å². The zero-order valence-electron chi connectivity index (χ0n) is 10.9. The van der Waals surface area contributed by atoms with Crippen molar-refractivity contribution >= 4 is 29.9 Å². The van der Waals surface area contributed by atoms with E-state index >= 15 is 0 Å².